The van der Waals surface area contributed by atoms with Gasteiger partial charge >= 0.3 is 0 Å². The zero-order valence-corrected chi connectivity index (χ0v) is 13.9. The Morgan fingerprint density at radius 3 is 2.92 bits per heavy atom. The summed E-state index contributed by atoms with van der Waals surface area (Å²) in [4.78, 5) is 22.2. The number of nitrogens with zero attached hydrogens (tertiary/aromatic N) is 2. The Bertz CT molecular complexity index is 889. The van der Waals surface area contributed by atoms with Crippen LogP contribution in [-0.2, 0) is 4.79 Å². The van der Waals surface area contributed by atoms with Crippen molar-refractivity contribution in [2.24, 2.45) is 0 Å². The van der Waals surface area contributed by atoms with E-state index in [0.29, 0.717) is 29.4 Å². The number of hydrogen-bond donors (Lipinski definition) is 1. The molecule has 3 aromatic rings. The maximum absolute atomic E-state index is 12.5. The number of hydrogen-bond acceptors (Lipinski definition) is 3. The summed E-state index contributed by atoms with van der Waals surface area (Å²) in [5.74, 6) is 1.57. The Balaban J connectivity index is 1.65. The van der Waals surface area contributed by atoms with Gasteiger partial charge in [0.1, 0.15) is 11.6 Å². The second-order valence-electron chi connectivity index (χ2n) is 5.86. The third-order valence-electron chi connectivity index (χ3n) is 4.36. The first-order chi connectivity index (χ1) is 11.7. The van der Waals surface area contributed by atoms with E-state index in [2.05, 4.69) is 9.97 Å². The molecule has 0 bridgehead atoms. The molecule has 1 amide bonds. The third kappa shape index (κ3) is 2.51. The van der Waals surface area contributed by atoms with E-state index in [-0.39, 0.29) is 11.8 Å². The lowest BCUT2D eigenvalue weighted by atomic mass is 10.1. The van der Waals surface area contributed by atoms with Crippen molar-refractivity contribution in [2.75, 3.05) is 18.6 Å². The number of benzene rings is 2. The lowest BCUT2D eigenvalue weighted by Gasteiger charge is -2.18. The Kier molecular flexibility index (Phi) is 3.65. The maximum Gasteiger partial charge on any atom is 0.227 e. The summed E-state index contributed by atoms with van der Waals surface area (Å²) in [7, 11) is 1.59. The molecule has 5 nitrogen and oxygen atoms in total. The number of aromatic nitrogens is 2. The predicted molar refractivity (Wildman–Crippen MR) is 93.8 cm³/mol. The molecule has 6 heteroatoms. The van der Waals surface area contributed by atoms with Crippen LogP contribution in [0.3, 0.4) is 0 Å². The number of aromatic amines is 1. The van der Waals surface area contributed by atoms with Gasteiger partial charge in [-0.2, -0.15) is 0 Å². The van der Waals surface area contributed by atoms with E-state index in [1.807, 2.05) is 24.3 Å². The number of nitrogens with one attached hydrogen (secondary N) is 1. The van der Waals surface area contributed by atoms with Gasteiger partial charge in [0.25, 0.3) is 0 Å². The molecule has 1 aromatic heterocycles. The Hall–Kier alpha value is -2.53. The van der Waals surface area contributed by atoms with Gasteiger partial charge in [-0.25, -0.2) is 4.98 Å². The fourth-order valence-corrected chi connectivity index (χ4v) is 3.34. The van der Waals surface area contributed by atoms with Crippen LogP contribution in [0, 0.1) is 0 Å². The van der Waals surface area contributed by atoms with Crippen LogP contribution < -0.4 is 9.64 Å². The van der Waals surface area contributed by atoms with E-state index in [0.717, 1.165) is 16.9 Å². The van der Waals surface area contributed by atoms with Crippen LogP contribution in [0.1, 0.15) is 18.2 Å². The van der Waals surface area contributed by atoms with Crippen molar-refractivity contribution in [1.82, 2.24) is 9.97 Å². The zero-order valence-electron chi connectivity index (χ0n) is 13.1. The van der Waals surface area contributed by atoms with Crippen molar-refractivity contribution in [3.63, 3.8) is 0 Å². The van der Waals surface area contributed by atoms with Crippen molar-refractivity contribution in [2.45, 2.75) is 12.3 Å². The number of anilines is 1. The van der Waals surface area contributed by atoms with Crippen molar-refractivity contribution in [3.8, 4) is 5.75 Å². The van der Waals surface area contributed by atoms with E-state index in [9.17, 15) is 4.79 Å². The molecule has 1 saturated heterocycles. The van der Waals surface area contributed by atoms with Gasteiger partial charge in [-0.1, -0.05) is 23.7 Å². The minimum Gasteiger partial charge on any atom is -0.497 e. The molecule has 24 heavy (non-hydrogen) atoms. The molecule has 1 fully saturated rings. The van der Waals surface area contributed by atoms with Gasteiger partial charge in [-0.15, -0.1) is 0 Å². The lowest BCUT2D eigenvalue weighted by molar-refractivity contribution is -0.117. The Morgan fingerprint density at radius 2 is 2.12 bits per heavy atom. The molecule has 0 saturated carbocycles. The first kappa shape index (κ1) is 15.0. The number of amides is 1. The second kappa shape index (κ2) is 5.83. The first-order valence-corrected chi connectivity index (χ1v) is 8.12. The van der Waals surface area contributed by atoms with Gasteiger partial charge in [-0.3, -0.25) is 4.79 Å². The SMILES string of the molecule is COc1ccc(Cl)c(N2C[C@H](c3nc4ccccc4[nH]3)CC2=O)c1. The molecular formula is C18H16ClN3O2. The fourth-order valence-electron chi connectivity index (χ4n) is 3.12. The third-order valence-corrected chi connectivity index (χ3v) is 4.68. The molecule has 0 aliphatic carbocycles. The summed E-state index contributed by atoms with van der Waals surface area (Å²) < 4.78 is 5.24. The zero-order chi connectivity index (χ0) is 16.7. The molecule has 1 N–H and O–H groups in total. The van der Waals surface area contributed by atoms with E-state index in [4.69, 9.17) is 16.3 Å². The summed E-state index contributed by atoms with van der Waals surface area (Å²) in [6, 6.07) is 13.2. The quantitative estimate of drug-likeness (QED) is 0.789. The highest BCUT2D eigenvalue weighted by molar-refractivity contribution is 6.34. The van der Waals surface area contributed by atoms with E-state index < -0.39 is 0 Å². The van der Waals surface area contributed by atoms with Crippen molar-refractivity contribution >= 4 is 34.2 Å². The van der Waals surface area contributed by atoms with Crippen LogP contribution >= 0.6 is 11.6 Å². The van der Waals surface area contributed by atoms with Gasteiger partial charge < -0.3 is 14.6 Å². The summed E-state index contributed by atoms with van der Waals surface area (Å²) in [6.45, 7) is 0.547. The number of rotatable bonds is 3. The lowest BCUT2D eigenvalue weighted by Crippen LogP contribution is -2.24. The molecule has 4 rings (SSSR count). The highest BCUT2D eigenvalue weighted by atomic mass is 35.5. The topological polar surface area (TPSA) is 58.2 Å². The van der Waals surface area contributed by atoms with Crippen LogP contribution in [0.15, 0.2) is 42.5 Å². The van der Waals surface area contributed by atoms with Gasteiger partial charge in [-0.05, 0) is 24.3 Å². The molecular weight excluding hydrogens is 326 g/mol. The van der Waals surface area contributed by atoms with E-state index in [1.54, 1.807) is 30.2 Å². The van der Waals surface area contributed by atoms with Gasteiger partial charge in [0.05, 0.1) is 28.9 Å². The Labute approximate surface area is 144 Å². The molecule has 2 aromatic carbocycles. The van der Waals surface area contributed by atoms with Crippen LogP contribution in [0.4, 0.5) is 5.69 Å². The smallest absolute Gasteiger partial charge is 0.227 e. The highest BCUT2D eigenvalue weighted by Gasteiger charge is 2.34. The average Bonchev–Trinajstić information content (AvgIpc) is 3.19. The number of halogens is 1. The second-order valence-corrected chi connectivity index (χ2v) is 6.27. The number of methoxy groups -OCH3 is 1. The van der Waals surface area contributed by atoms with Crippen molar-refractivity contribution in [3.05, 3.63) is 53.3 Å². The molecule has 2 heterocycles. The monoisotopic (exact) mass is 341 g/mol. The summed E-state index contributed by atoms with van der Waals surface area (Å²) in [5, 5.41) is 0.536. The van der Waals surface area contributed by atoms with Gasteiger partial charge in [0, 0.05) is 24.9 Å². The summed E-state index contributed by atoms with van der Waals surface area (Å²) >= 11 is 6.28. The average molecular weight is 342 g/mol. The molecule has 0 unspecified atom stereocenters. The molecule has 0 spiro atoms. The fraction of sp³-hybridized carbons (Fsp3) is 0.222. The van der Waals surface area contributed by atoms with Crippen LogP contribution in [0.25, 0.3) is 11.0 Å². The number of para-hydroxylation sites is 2. The predicted octanol–water partition coefficient (Wildman–Crippen LogP) is 3.75. The summed E-state index contributed by atoms with van der Waals surface area (Å²) in [6.07, 6.45) is 0.410. The van der Waals surface area contributed by atoms with Gasteiger partial charge in [0.15, 0.2) is 0 Å². The summed E-state index contributed by atoms with van der Waals surface area (Å²) in [5.41, 5.74) is 2.58. The number of carbonyl (C=O) groups excluding carboxylic acids is 1. The van der Waals surface area contributed by atoms with Crippen LogP contribution in [-0.4, -0.2) is 29.5 Å². The number of carbonyl (C=O) groups is 1. The van der Waals surface area contributed by atoms with Crippen LogP contribution in [0.2, 0.25) is 5.02 Å². The molecule has 0 radical (unpaired) electrons. The normalized spacial score (nSPS) is 17.7. The maximum atomic E-state index is 12.5. The molecule has 1 aliphatic rings. The van der Waals surface area contributed by atoms with E-state index in [1.165, 1.54) is 0 Å². The van der Waals surface area contributed by atoms with Crippen LogP contribution in [0.5, 0.6) is 5.75 Å². The van der Waals surface area contributed by atoms with Crippen molar-refractivity contribution in [1.29, 1.82) is 0 Å². The van der Waals surface area contributed by atoms with Gasteiger partial charge in [0.2, 0.25) is 5.91 Å². The minimum absolute atomic E-state index is 0.0205. The Morgan fingerprint density at radius 1 is 1.29 bits per heavy atom. The number of fused-ring (bicyclic) bond motifs is 1. The minimum atomic E-state index is 0.0205. The standard InChI is InChI=1S/C18H16ClN3O2/c1-24-12-6-7-13(19)16(9-12)22-10-11(8-17(22)23)18-20-14-4-2-3-5-15(14)21-18/h2-7,9,11H,8,10H2,1H3,(H,20,21)/t11-/m1/s1. The number of H-pyrrole nitrogens is 1. The number of imidazole rings is 1. The largest absolute Gasteiger partial charge is 0.497 e. The van der Waals surface area contributed by atoms with Crippen molar-refractivity contribution < 1.29 is 9.53 Å². The first-order valence-electron chi connectivity index (χ1n) is 7.74. The highest BCUT2D eigenvalue weighted by Crippen LogP contribution is 2.36. The van der Waals surface area contributed by atoms with E-state index >= 15 is 0 Å². The molecule has 1 atom stereocenters. The molecule has 1 aliphatic heterocycles. The molecule has 122 valence electrons. The number of ether oxygens (including phenoxy) is 1.